The van der Waals surface area contributed by atoms with Crippen LogP contribution in [0.4, 0.5) is 0 Å². The Morgan fingerprint density at radius 3 is 2.43 bits per heavy atom. The number of hydrogen-bond acceptors (Lipinski definition) is 3. The zero-order chi connectivity index (χ0) is 21.9. The molecule has 1 fully saturated rings. The molecule has 1 atom stereocenters. The summed E-state index contributed by atoms with van der Waals surface area (Å²) >= 11 is 15.8. The minimum atomic E-state index is -0.706. The normalized spacial score (nSPS) is 15.4. The number of nitrogens with two attached hydrogens (primary N) is 1. The fourth-order valence-corrected chi connectivity index (χ4v) is 4.50. The third kappa shape index (κ3) is 4.99. The first-order valence-corrected chi connectivity index (χ1v) is 11.3. The minimum Gasteiger partial charge on any atom is -0.353 e. The predicted molar refractivity (Wildman–Crippen MR) is 124 cm³/mol. The molecule has 2 aromatic carbocycles. The summed E-state index contributed by atoms with van der Waals surface area (Å²) in [5.41, 5.74) is 6.55. The van der Waals surface area contributed by atoms with Gasteiger partial charge in [0.25, 0.3) is 0 Å². The Balaban J connectivity index is 1.87. The standard InChI is InChI=1S/C22H24BrCl2N3O2/c1-28(21(30)22(8-9-22)17-7-6-16(24)13-18(17)25)19(20(29)27-11-10-26)12-14-2-4-15(23)5-3-14/h2-7,13,19H,8-12,26H2,1H3,(H,27,29)/t19-/m0/s1. The quantitative estimate of drug-likeness (QED) is 0.562. The molecule has 0 aromatic heterocycles. The van der Waals surface area contributed by atoms with Crippen LogP contribution in [0.5, 0.6) is 0 Å². The van der Waals surface area contributed by atoms with Gasteiger partial charge < -0.3 is 16.0 Å². The summed E-state index contributed by atoms with van der Waals surface area (Å²) in [5.74, 6) is -0.339. The molecule has 0 spiro atoms. The molecule has 3 rings (SSSR count). The molecule has 0 radical (unpaired) electrons. The summed E-state index contributed by atoms with van der Waals surface area (Å²) in [6, 6.07) is 12.3. The Morgan fingerprint density at radius 2 is 1.87 bits per heavy atom. The van der Waals surface area contributed by atoms with Crippen molar-refractivity contribution in [2.75, 3.05) is 20.1 Å². The highest BCUT2D eigenvalue weighted by Gasteiger charge is 2.54. The second-order valence-electron chi connectivity index (χ2n) is 7.55. The molecule has 0 aliphatic heterocycles. The second kappa shape index (κ2) is 9.69. The van der Waals surface area contributed by atoms with Crippen molar-refractivity contribution in [3.05, 3.63) is 68.1 Å². The molecular weight excluding hydrogens is 489 g/mol. The minimum absolute atomic E-state index is 0.114. The maximum atomic E-state index is 13.6. The van der Waals surface area contributed by atoms with Crippen molar-refractivity contribution in [3.8, 4) is 0 Å². The molecule has 5 nitrogen and oxygen atoms in total. The van der Waals surface area contributed by atoms with Crippen LogP contribution < -0.4 is 11.1 Å². The molecule has 0 bridgehead atoms. The van der Waals surface area contributed by atoms with Gasteiger partial charge >= 0.3 is 0 Å². The van der Waals surface area contributed by atoms with E-state index in [1.165, 1.54) is 0 Å². The number of amides is 2. The van der Waals surface area contributed by atoms with Gasteiger partial charge in [0.2, 0.25) is 11.8 Å². The number of nitrogens with one attached hydrogen (secondary N) is 1. The topological polar surface area (TPSA) is 75.4 Å². The van der Waals surface area contributed by atoms with Crippen LogP contribution in [0, 0.1) is 0 Å². The van der Waals surface area contributed by atoms with Gasteiger partial charge in [-0.05, 0) is 48.2 Å². The van der Waals surface area contributed by atoms with Gasteiger partial charge in [-0.2, -0.15) is 0 Å². The maximum absolute atomic E-state index is 13.6. The van der Waals surface area contributed by atoms with E-state index in [1.54, 1.807) is 24.1 Å². The Kier molecular flexibility index (Phi) is 7.45. The van der Waals surface area contributed by atoms with E-state index >= 15 is 0 Å². The second-order valence-corrected chi connectivity index (χ2v) is 9.31. The third-order valence-corrected chi connectivity index (χ3v) is 6.56. The fourth-order valence-electron chi connectivity index (χ4n) is 3.64. The number of carbonyl (C=O) groups is 2. The van der Waals surface area contributed by atoms with Crippen molar-refractivity contribution in [2.24, 2.45) is 5.73 Å². The number of carbonyl (C=O) groups excluding carboxylic acids is 2. The SMILES string of the molecule is CN(C(=O)C1(c2ccc(Cl)cc2Cl)CC1)[C@@H](Cc1ccc(Br)cc1)C(=O)NCCN. The maximum Gasteiger partial charge on any atom is 0.243 e. The van der Waals surface area contributed by atoms with Crippen LogP contribution in [0.3, 0.4) is 0 Å². The zero-order valence-electron chi connectivity index (χ0n) is 16.6. The summed E-state index contributed by atoms with van der Waals surface area (Å²) < 4.78 is 0.953. The van der Waals surface area contributed by atoms with Gasteiger partial charge in [-0.15, -0.1) is 0 Å². The lowest BCUT2D eigenvalue weighted by Crippen LogP contribution is -2.52. The Labute approximate surface area is 195 Å². The molecule has 1 saturated carbocycles. The van der Waals surface area contributed by atoms with Gasteiger partial charge in [-0.1, -0.05) is 57.3 Å². The van der Waals surface area contributed by atoms with E-state index in [0.29, 0.717) is 42.4 Å². The largest absolute Gasteiger partial charge is 0.353 e. The molecule has 160 valence electrons. The molecule has 8 heteroatoms. The van der Waals surface area contributed by atoms with Crippen molar-refractivity contribution in [3.63, 3.8) is 0 Å². The fraction of sp³-hybridized carbons (Fsp3) is 0.364. The Hall–Kier alpha value is -1.60. The van der Waals surface area contributed by atoms with E-state index in [-0.39, 0.29) is 11.8 Å². The zero-order valence-corrected chi connectivity index (χ0v) is 19.7. The lowest BCUT2D eigenvalue weighted by Gasteiger charge is -2.31. The summed E-state index contributed by atoms with van der Waals surface area (Å²) in [6.45, 7) is 0.685. The van der Waals surface area contributed by atoms with Gasteiger partial charge in [0.15, 0.2) is 0 Å². The highest BCUT2D eigenvalue weighted by molar-refractivity contribution is 9.10. The highest BCUT2D eigenvalue weighted by Crippen LogP contribution is 2.52. The van der Waals surface area contributed by atoms with Crippen LogP contribution in [-0.2, 0) is 21.4 Å². The first-order chi connectivity index (χ1) is 14.3. The van der Waals surface area contributed by atoms with Gasteiger partial charge in [-0.25, -0.2) is 0 Å². The summed E-state index contributed by atoms with van der Waals surface area (Å²) in [7, 11) is 1.68. The molecular formula is C22H24BrCl2N3O2. The van der Waals surface area contributed by atoms with Crippen LogP contribution in [0.2, 0.25) is 10.0 Å². The molecule has 2 amide bonds. The molecule has 0 heterocycles. The summed E-state index contributed by atoms with van der Waals surface area (Å²) in [5, 5.41) is 3.81. The van der Waals surface area contributed by atoms with Crippen molar-refractivity contribution >= 4 is 50.9 Å². The predicted octanol–water partition coefficient (Wildman–Crippen LogP) is 3.93. The third-order valence-electron chi connectivity index (χ3n) is 5.48. The number of benzene rings is 2. The van der Waals surface area contributed by atoms with E-state index in [2.05, 4.69) is 21.2 Å². The van der Waals surface area contributed by atoms with E-state index in [9.17, 15) is 9.59 Å². The first kappa shape index (κ1) is 23.1. The van der Waals surface area contributed by atoms with Gasteiger partial charge in [-0.3, -0.25) is 9.59 Å². The average molecular weight is 513 g/mol. The van der Waals surface area contributed by atoms with Gasteiger partial charge in [0, 0.05) is 41.1 Å². The van der Waals surface area contributed by atoms with E-state index < -0.39 is 11.5 Å². The van der Waals surface area contributed by atoms with Crippen molar-refractivity contribution < 1.29 is 9.59 Å². The van der Waals surface area contributed by atoms with E-state index in [0.717, 1.165) is 15.6 Å². The number of halogens is 3. The molecule has 0 saturated heterocycles. The van der Waals surface area contributed by atoms with Gasteiger partial charge in [0.1, 0.15) is 6.04 Å². The van der Waals surface area contributed by atoms with Crippen molar-refractivity contribution in [1.29, 1.82) is 0 Å². The van der Waals surface area contributed by atoms with Crippen LogP contribution in [0.15, 0.2) is 46.9 Å². The van der Waals surface area contributed by atoms with E-state index in [1.807, 2.05) is 30.3 Å². The molecule has 2 aromatic rings. The number of nitrogens with zero attached hydrogens (tertiary/aromatic N) is 1. The monoisotopic (exact) mass is 511 g/mol. The van der Waals surface area contributed by atoms with Crippen molar-refractivity contribution in [2.45, 2.75) is 30.7 Å². The van der Waals surface area contributed by atoms with Gasteiger partial charge in [0.05, 0.1) is 5.41 Å². The Bertz CT molecular complexity index is 932. The smallest absolute Gasteiger partial charge is 0.243 e. The first-order valence-electron chi connectivity index (χ1n) is 9.73. The Morgan fingerprint density at radius 1 is 1.20 bits per heavy atom. The molecule has 1 aliphatic carbocycles. The highest BCUT2D eigenvalue weighted by atomic mass is 79.9. The lowest BCUT2D eigenvalue weighted by molar-refractivity contribution is -0.140. The molecule has 1 aliphatic rings. The van der Waals surface area contributed by atoms with Crippen LogP contribution >= 0.6 is 39.1 Å². The molecule has 3 N–H and O–H groups in total. The molecule has 30 heavy (non-hydrogen) atoms. The summed E-state index contributed by atoms with van der Waals surface area (Å²) in [6.07, 6.45) is 1.77. The summed E-state index contributed by atoms with van der Waals surface area (Å²) in [4.78, 5) is 28.0. The lowest BCUT2D eigenvalue weighted by atomic mass is 9.93. The van der Waals surface area contributed by atoms with Crippen LogP contribution in [0.25, 0.3) is 0 Å². The van der Waals surface area contributed by atoms with Crippen LogP contribution in [0.1, 0.15) is 24.0 Å². The van der Waals surface area contributed by atoms with Crippen LogP contribution in [-0.4, -0.2) is 42.9 Å². The molecule has 0 unspecified atom stereocenters. The average Bonchev–Trinajstić information content (AvgIpc) is 3.52. The van der Waals surface area contributed by atoms with Crippen molar-refractivity contribution in [1.82, 2.24) is 10.2 Å². The number of likely N-dealkylation sites (N-methyl/N-ethyl adjacent to an activating group) is 1. The number of rotatable bonds is 8. The number of hydrogen-bond donors (Lipinski definition) is 2. The van der Waals surface area contributed by atoms with E-state index in [4.69, 9.17) is 28.9 Å².